The second kappa shape index (κ2) is 14.4. The van der Waals surface area contributed by atoms with Gasteiger partial charge in [0.25, 0.3) is 0 Å². The van der Waals surface area contributed by atoms with Crippen molar-refractivity contribution < 1.29 is 14.0 Å². The summed E-state index contributed by atoms with van der Waals surface area (Å²) < 4.78 is 14.2. The van der Waals surface area contributed by atoms with Crippen LogP contribution < -0.4 is 5.32 Å². The van der Waals surface area contributed by atoms with E-state index in [1.54, 1.807) is 29.2 Å². The molecule has 0 aliphatic rings. The largest absolute Gasteiger partial charge is 0.352 e. The minimum Gasteiger partial charge on any atom is -0.352 e. The van der Waals surface area contributed by atoms with E-state index in [0.717, 1.165) is 17.5 Å². The van der Waals surface area contributed by atoms with E-state index in [9.17, 15) is 14.0 Å². The van der Waals surface area contributed by atoms with Crippen LogP contribution in [-0.4, -0.2) is 34.6 Å². The van der Waals surface area contributed by atoms with Crippen molar-refractivity contribution >= 4 is 46.8 Å². The molecule has 0 radical (unpaired) electrons. The number of amides is 2. The van der Waals surface area contributed by atoms with Gasteiger partial charge in [0.15, 0.2) is 0 Å². The van der Waals surface area contributed by atoms with Crippen molar-refractivity contribution in [2.75, 3.05) is 5.75 Å². The van der Waals surface area contributed by atoms with Gasteiger partial charge in [-0.05, 0) is 48.7 Å². The zero-order chi connectivity index (χ0) is 26.8. The highest BCUT2D eigenvalue weighted by Crippen LogP contribution is 2.25. The van der Waals surface area contributed by atoms with E-state index in [-0.39, 0.29) is 35.9 Å². The number of hydrogen-bond donors (Lipinski definition) is 1. The van der Waals surface area contributed by atoms with Crippen molar-refractivity contribution in [1.29, 1.82) is 0 Å². The highest BCUT2D eigenvalue weighted by atomic mass is 35.5. The van der Waals surface area contributed by atoms with Gasteiger partial charge < -0.3 is 10.2 Å². The lowest BCUT2D eigenvalue weighted by Crippen LogP contribution is -2.52. The zero-order valence-corrected chi connectivity index (χ0v) is 23.3. The molecular formula is C29H31Cl2FN2O2S. The Morgan fingerprint density at radius 1 is 0.973 bits per heavy atom. The maximum absolute atomic E-state index is 14.2. The third-order valence-electron chi connectivity index (χ3n) is 6.07. The van der Waals surface area contributed by atoms with Crippen molar-refractivity contribution in [3.63, 3.8) is 0 Å². The highest BCUT2D eigenvalue weighted by Gasteiger charge is 2.31. The predicted octanol–water partition coefficient (Wildman–Crippen LogP) is 6.92. The first-order chi connectivity index (χ1) is 17.8. The number of thioether (sulfide) groups is 1. The van der Waals surface area contributed by atoms with E-state index >= 15 is 0 Å². The van der Waals surface area contributed by atoms with E-state index in [1.807, 2.05) is 56.3 Å². The topological polar surface area (TPSA) is 49.4 Å². The molecule has 1 N–H and O–H groups in total. The van der Waals surface area contributed by atoms with Crippen molar-refractivity contribution in [3.05, 3.63) is 105 Å². The molecule has 3 aromatic rings. The van der Waals surface area contributed by atoms with Crippen LogP contribution in [0.2, 0.25) is 10.0 Å². The maximum atomic E-state index is 14.2. The number of carbonyl (C=O) groups is 2. The van der Waals surface area contributed by atoms with E-state index in [0.29, 0.717) is 22.0 Å². The molecule has 0 saturated carbocycles. The number of halogens is 3. The molecule has 3 rings (SSSR count). The van der Waals surface area contributed by atoms with E-state index < -0.39 is 11.9 Å². The summed E-state index contributed by atoms with van der Waals surface area (Å²) in [7, 11) is 0. The molecule has 2 atom stereocenters. The Hall–Kier alpha value is -2.54. The SMILES string of the molecule is CC[C@H](C)NC(=O)[C@@H](Cc1ccccc1)N(Cc1ccc(Cl)cc1)C(=O)CSCc1c(F)cccc1Cl. The van der Waals surface area contributed by atoms with Crippen molar-refractivity contribution in [3.8, 4) is 0 Å². The fourth-order valence-electron chi connectivity index (χ4n) is 3.78. The molecule has 8 heteroatoms. The molecule has 0 aliphatic heterocycles. The molecule has 0 fully saturated rings. The van der Waals surface area contributed by atoms with Gasteiger partial charge in [0, 0.05) is 40.4 Å². The fourth-order valence-corrected chi connectivity index (χ4v) is 5.15. The molecule has 0 saturated heterocycles. The smallest absolute Gasteiger partial charge is 0.243 e. The molecule has 0 aliphatic carbocycles. The molecule has 0 heterocycles. The molecule has 0 bridgehead atoms. The Morgan fingerprint density at radius 2 is 1.68 bits per heavy atom. The Morgan fingerprint density at radius 3 is 2.32 bits per heavy atom. The molecule has 0 spiro atoms. The van der Waals surface area contributed by atoms with Crippen LogP contribution in [0.5, 0.6) is 0 Å². The summed E-state index contributed by atoms with van der Waals surface area (Å²) in [5.74, 6) is -0.509. The summed E-state index contributed by atoms with van der Waals surface area (Å²) in [5, 5.41) is 3.97. The predicted molar refractivity (Wildman–Crippen MR) is 151 cm³/mol. The van der Waals surface area contributed by atoms with Crippen LogP contribution in [-0.2, 0) is 28.3 Å². The fraction of sp³-hybridized carbons (Fsp3) is 0.310. The van der Waals surface area contributed by atoms with Gasteiger partial charge in [-0.2, -0.15) is 0 Å². The lowest BCUT2D eigenvalue weighted by molar-refractivity contribution is -0.139. The van der Waals surface area contributed by atoms with Gasteiger partial charge in [-0.3, -0.25) is 9.59 Å². The lowest BCUT2D eigenvalue weighted by Gasteiger charge is -2.32. The molecule has 196 valence electrons. The lowest BCUT2D eigenvalue weighted by atomic mass is 10.0. The maximum Gasteiger partial charge on any atom is 0.243 e. The van der Waals surface area contributed by atoms with Crippen LogP contribution in [0, 0.1) is 5.82 Å². The molecule has 4 nitrogen and oxygen atoms in total. The summed E-state index contributed by atoms with van der Waals surface area (Å²) in [4.78, 5) is 28.7. The third kappa shape index (κ3) is 8.77. The number of carbonyl (C=O) groups excluding carboxylic acids is 2. The number of rotatable bonds is 12. The van der Waals surface area contributed by atoms with Crippen molar-refractivity contribution in [1.82, 2.24) is 10.2 Å². The van der Waals surface area contributed by atoms with Gasteiger partial charge >= 0.3 is 0 Å². The molecule has 3 aromatic carbocycles. The first-order valence-electron chi connectivity index (χ1n) is 12.2. The van der Waals surface area contributed by atoms with Gasteiger partial charge in [-0.1, -0.05) is 78.7 Å². The van der Waals surface area contributed by atoms with Crippen LogP contribution in [0.1, 0.15) is 37.0 Å². The monoisotopic (exact) mass is 560 g/mol. The Bertz CT molecular complexity index is 1160. The zero-order valence-electron chi connectivity index (χ0n) is 20.9. The first kappa shape index (κ1) is 29.0. The van der Waals surface area contributed by atoms with Gasteiger partial charge in [-0.15, -0.1) is 11.8 Å². The van der Waals surface area contributed by atoms with E-state index in [2.05, 4.69) is 5.32 Å². The van der Waals surface area contributed by atoms with Gasteiger partial charge in [-0.25, -0.2) is 4.39 Å². The Labute approximate surface area is 232 Å². The number of hydrogen-bond acceptors (Lipinski definition) is 3. The van der Waals surface area contributed by atoms with Crippen molar-refractivity contribution in [2.24, 2.45) is 0 Å². The minimum atomic E-state index is -0.725. The van der Waals surface area contributed by atoms with Crippen molar-refractivity contribution in [2.45, 2.75) is 51.1 Å². The second-order valence-corrected chi connectivity index (χ2v) is 10.7. The average Bonchev–Trinajstić information content (AvgIpc) is 2.89. The summed E-state index contributed by atoms with van der Waals surface area (Å²) in [6, 6.07) is 20.6. The Kier molecular flexibility index (Phi) is 11.3. The van der Waals surface area contributed by atoms with Crippen LogP contribution in [0.3, 0.4) is 0 Å². The van der Waals surface area contributed by atoms with Crippen LogP contribution >= 0.6 is 35.0 Å². The summed E-state index contributed by atoms with van der Waals surface area (Å²) in [5.41, 5.74) is 2.17. The molecular weight excluding hydrogens is 530 g/mol. The molecule has 2 amide bonds. The number of nitrogens with one attached hydrogen (secondary N) is 1. The standard InChI is InChI=1S/C29H31Cl2FN2O2S/c1-3-20(2)33-29(36)27(16-21-8-5-4-6-9-21)34(17-22-12-14-23(30)15-13-22)28(35)19-37-18-24-25(31)10-7-11-26(24)32/h4-15,20,27H,3,16-19H2,1-2H3,(H,33,36)/t20-,27+/m0/s1. The van der Waals surface area contributed by atoms with E-state index in [1.165, 1.54) is 17.8 Å². The molecule has 0 aromatic heterocycles. The third-order valence-corrected chi connectivity index (χ3v) is 7.62. The normalized spacial score (nSPS) is 12.6. The summed E-state index contributed by atoms with van der Waals surface area (Å²) in [6.07, 6.45) is 1.14. The second-order valence-electron chi connectivity index (χ2n) is 8.86. The van der Waals surface area contributed by atoms with Crippen LogP contribution in [0.15, 0.2) is 72.8 Å². The Balaban J connectivity index is 1.87. The summed E-state index contributed by atoms with van der Waals surface area (Å²) >= 11 is 13.5. The van der Waals surface area contributed by atoms with Crippen LogP contribution in [0.25, 0.3) is 0 Å². The van der Waals surface area contributed by atoms with Gasteiger partial charge in [0.05, 0.1) is 5.75 Å². The van der Waals surface area contributed by atoms with E-state index in [4.69, 9.17) is 23.2 Å². The number of nitrogens with zero attached hydrogens (tertiary/aromatic N) is 1. The van der Waals surface area contributed by atoms with Gasteiger partial charge in [0.2, 0.25) is 11.8 Å². The molecule has 0 unspecified atom stereocenters. The van der Waals surface area contributed by atoms with Gasteiger partial charge in [0.1, 0.15) is 11.9 Å². The summed E-state index contributed by atoms with van der Waals surface area (Å²) in [6.45, 7) is 4.18. The molecule has 37 heavy (non-hydrogen) atoms. The van der Waals surface area contributed by atoms with Crippen LogP contribution in [0.4, 0.5) is 4.39 Å². The minimum absolute atomic E-state index is 0.0316. The first-order valence-corrected chi connectivity index (χ1v) is 14.1. The average molecular weight is 562 g/mol. The number of benzene rings is 3. The quantitative estimate of drug-likeness (QED) is 0.261. The highest BCUT2D eigenvalue weighted by molar-refractivity contribution is 7.99.